The first-order valence-electron chi connectivity index (χ1n) is 7.93. The maximum Gasteiger partial charge on any atom is 0.251 e. The van der Waals surface area contributed by atoms with E-state index in [0.29, 0.717) is 31.0 Å². The summed E-state index contributed by atoms with van der Waals surface area (Å²) in [6.45, 7) is 3.96. The highest BCUT2D eigenvalue weighted by Crippen LogP contribution is 2.17. The summed E-state index contributed by atoms with van der Waals surface area (Å²) in [5, 5.41) is 2.97. The molecule has 1 aliphatic heterocycles. The number of hydrogen-bond donors (Lipinski definition) is 2. The van der Waals surface area contributed by atoms with Crippen molar-refractivity contribution in [3.63, 3.8) is 0 Å². The lowest BCUT2D eigenvalue weighted by atomic mass is 9.97. The fraction of sp³-hybridized carbons (Fsp3) is 0.529. The maximum absolute atomic E-state index is 12.1. The van der Waals surface area contributed by atoms with E-state index in [9.17, 15) is 9.59 Å². The summed E-state index contributed by atoms with van der Waals surface area (Å²) in [7, 11) is 0. The molecule has 0 radical (unpaired) electrons. The molecule has 5 nitrogen and oxygen atoms in total. The van der Waals surface area contributed by atoms with Crippen molar-refractivity contribution in [1.29, 1.82) is 0 Å². The number of benzene rings is 1. The van der Waals surface area contributed by atoms with E-state index in [1.165, 1.54) is 0 Å². The molecule has 1 saturated heterocycles. The summed E-state index contributed by atoms with van der Waals surface area (Å²) in [5.41, 5.74) is 6.36. The predicted octanol–water partition coefficient (Wildman–Crippen LogP) is 1.81. The Labute approximate surface area is 144 Å². The van der Waals surface area contributed by atoms with Crippen LogP contribution in [0.15, 0.2) is 30.3 Å². The van der Waals surface area contributed by atoms with Gasteiger partial charge in [-0.15, -0.1) is 12.4 Å². The van der Waals surface area contributed by atoms with E-state index in [1.54, 1.807) is 12.1 Å². The molecule has 128 valence electrons. The van der Waals surface area contributed by atoms with Gasteiger partial charge in [0.2, 0.25) is 5.91 Å². The van der Waals surface area contributed by atoms with Crippen molar-refractivity contribution in [2.75, 3.05) is 19.6 Å². The summed E-state index contributed by atoms with van der Waals surface area (Å²) in [6.07, 6.45) is 2.41. The van der Waals surface area contributed by atoms with Gasteiger partial charge >= 0.3 is 0 Å². The van der Waals surface area contributed by atoms with Crippen LogP contribution in [0.4, 0.5) is 0 Å². The van der Waals surface area contributed by atoms with Gasteiger partial charge in [-0.2, -0.15) is 0 Å². The second-order valence-corrected chi connectivity index (χ2v) is 6.11. The minimum absolute atomic E-state index is 0. The van der Waals surface area contributed by atoms with E-state index in [-0.39, 0.29) is 30.3 Å². The summed E-state index contributed by atoms with van der Waals surface area (Å²) < 4.78 is 0. The van der Waals surface area contributed by atoms with E-state index in [1.807, 2.05) is 30.0 Å². The molecule has 2 unspecified atom stereocenters. The molecule has 0 spiro atoms. The zero-order valence-electron chi connectivity index (χ0n) is 13.5. The molecule has 1 heterocycles. The lowest BCUT2D eigenvalue weighted by Gasteiger charge is -2.33. The summed E-state index contributed by atoms with van der Waals surface area (Å²) >= 11 is 0. The van der Waals surface area contributed by atoms with E-state index < -0.39 is 0 Å². The van der Waals surface area contributed by atoms with Crippen LogP contribution in [-0.4, -0.2) is 42.4 Å². The fourth-order valence-corrected chi connectivity index (χ4v) is 2.79. The maximum atomic E-state index is 12.1. The van der Waals surface area contributed by atoms with Crippen molar-refractivity contribution in [2.24, 2.45) is 11.7 Å². The molecule has 1 aromatic carbocycles. The van der Waals surface area contributed by atoms with Crippen LogP contribution in [0, 0.1) is 5.92 Å². The van der Waals surface area contributed by atoms with Crippen molar-refractivity contribution in [1.82, 2.24) is 10.2 Å². The van der Waals surface area contributed by atoms with Gasteiger partial charge in [-0.25, -0.2) is 0 Å². The Morgan fingerprint density at radius 2 is 2.04 bits per heavy atom. The first-order chi connectivity index (χ1) is 10.6. The van der Waals surface area contributed by atoms with Crippen molar-refractivity contribution in [3.8, 4) is 0 Å². The van der Waals surface area contributed by atoms with Crippen molar-refractivity contribution in [2.45, 2.75) is 32.2 Å². The fourth-order valence-electron chi connectivity index (χ4n) is 2.79. The van der Waals surface area contributed by atoms with Gasteiger partial charge in [0.25, 0.3) is 5.91 Å². The molecule has 1 aliphatic rings. The van der Waals surface area contributed by atoms with Crippen LogP contribution in [0.5, 0.6) is 0 Å². The predicted molar refractivity (Wildman–Crippen MR) is 93.6 cm³/mol. The van der Waals surface area contributed by atoms with Gasteiger partial charge < -0.3 is 16.0 Å². The number of nitrogens with two attached hydrogens (primary N) is 1. The Morgan fingerprint density at radius 1 is 1.35 bits per heavy atom. The molecular formula is C17H26ClN3O2. The van der Waals surface area contributed by atoms with Gasteiger partial charge in [0.1, 0.15) is 0 Å². The lowest BCUT2D eigenvalue weighted by Crippen LogP contribution is -2.44. The molecule has 0 aliphatic carbocycles. The Morgan fingerprint density at radius 3 is 2.70 bits per heavy atom. The third-order valence-electron chi connectivity index (χ3n) is 3.96. The third kappa shape index (κ3) is 6.20. The highest BCUT2D eigenvalue weighted by Gasteiger charge is 2.24. The smallest absolute Gasteiger partial charge is 0.251 e. The molecule has 1 fully saturated rings. The number of piperidine rings is 1. The minimum Gasteiger partial charge on any atom is -0.352 e. The highest BCUT2D eigenvalue weighted by molar-refractivity contribution is 5.94. The zero-order chi connectivity index (χ0) is 15.9. The van der Waals surface area contributed by atoms with Crippen molar-refractivity contribution < 1.29 is 9.59 Å². The van der Waals surface area contributed by atoms with Gasteiger partial charge in [-0.1, -0.05) is 18.2 Å². The molecule has 2 atom stereocenters. The van der Waals surface area contributed by atoms with Crippen molar-refractivity contribution in [3.05, 3.63) is 35.9 Å². The van der Waals surface area contributed by atoms with Crippen LogP contribution in [0.1, 0.15) is 36.5 Å². The molecule has 0 aromatic heterocycles. The number of nitrogens with one attached hydrogen (secondary N) is 1. The largest absolute Gasteiger partial charge is 0.352 e. The van der Waals surface area contributed by atoms with E-state index in [2.05, 4.69) is 5.32 Å². The molecule has 3 N–H and O–H groups in total. The third-order valence-corrected chi connectivity index (χ3v) is 3.96. The van der Waals surface area contributed by atoms with Gasteiger partial charge in [0.15, 0.2) is 0 Å². The SMILES string of the molecule is CC(N)CC(=O)N1CCCC(CNC(=O)c2ccccc2)C1.Cl. The summed E-state index contributed by atoms with van der Waals surface area (Å²) in [6, 6.07) is 9.09. The molecule has 2 amide bonds. The Kier molecular flexibility index (Phi) is 8.06. The molecule has 1 aromatic rings. The highest BCUT2D eigenvalue weighted by atomic mass is 35.5. The molecule has 23 heavy (non-hydrogen) atoms. The standard InChI is InChI=1S/C17H25N3O2.ClH/c1-13(18)10-16(21)20-9-5-6-14(12-20)11-19-17(22)15-7-3-2-4-8-15;/h2-4,7-8,13-14H,5-6,9-12,18H2,1H3,(H,19,22);1H. The quantitative estimate of drug-likeness (QED) is 0.859. The van der Waals surface area contributed by atoms with Crippen LogP contribution in [0.25, 0.3) is 0 Å². The number of nitrogens with zero attached hydrogens (tertiary/aromatic N) is 1. The van der Waals surface area contributed by atoms with E-state index >= 15 is 0 Å². The molecule has 0 saturated carbocycles. The van der Waals surface area contributed by atoms with Gasteiger partial charge in [-0.05, 0) is 37.8 Å². The number of halogens is 1. The van der Waals surface area contributed by atoms with Crippen LogP contribution in [-0.2, 0) is 4.79 Å². The van der Waals surface area contributed by atoms with Gasteiger partial charge in [0, 0.05) is 37.7 Å². The zero-order valence-corrected chi connectivity index (χ0v) is 14.3. The number of carbonyl (C=O) groups is 2. The second-order valence-electron chi connectivity index (χ2n) is 6.11. The average Bonchev–Trinajstić information content (AvgIpc) is 2.53. The number of amides is 2. The van der Waals surface area contributed by atoms with Crippen LogP contribution < -0.4 is 11.1 Å². The first kappa shape index (κ1) is 19.5. The van der Waals surface area contributed by atoms with E-state index in [0.717, 1.165) is 19.4 Å². The normalized spacial score (nSPS) is 18.7. The Balaban J connectivity index is 0.00000264. The topological polar surface area (TPSA) is 75.4 Å². The number of rotatable bonds is 5. The summed E-state index contributed by atoms with van der Waals surface area (Å²) in [4.78, 5) is 26.0. The van der Waals surface area contributed by atoms with Gasteiger partial charge in [0.05, 0.1) is 0 Å². The average molecular weight is 340 g/mol. The van der Waals surface area contributed by atoms with Crippen molar-refractivity contribution >= 4 is 24.2 Å². The monoisotopic (exact) mass is 339 g/mol. The molecule has 0 bridgehead atoms. The minimum atomic E-state index is -0.106. The number of likely N-dealkylation sites (tertiary alicyclic amines) is 1. The van der Waals surface area contributed by atoms with Crippen LogP contribution >= 0.6 is 12.4 Å². The number of hydrogen-bond acceptors (Lipinski definition) is 3. The van der Waals surface area contributed by atoms with E-state index in [4.69, 9.17) is 5.73 Å². The van der Waals surface area contributed by atoms with Crippen LogP contribution in [0.3, 0.4) is 0 Å². The van der Waals surface area contributed by atoms with Gasteiger partial charge in [-0.3, -0.25) is 9.59 Å². The molecular weight excluding hydrogens is 314 g/mol. The first-order valence-corrected chi connectivity index (χ1v) is 7.93. The molecule has 6 heteroatoms. The lowest BCUT2D eigenvalue weighted by molar-refractivity contribution is -0.133. The summed E-state index contributed by atoms with van der Waals surface area (Å²) in [5.74, 6) is 0.382. The second kappa shape index (κ2) is 9.53. The Hall–Kier alpha value is -1.59. The molecule has 2 rings (SSSR count). The number of carbonyl (C=O) groups excluding carboxylic acids is 2. The Bertz CT molecular complexity index is 508. The van der Waals surface area contributed by atoms with Crippen LogP contribution in [0.2, 0.25) is 0 Å².